The van der Waals surface area contributed by atoms with Gasteiger partial charge in [0, 0.05) is 0 Å². The lowest BCUT2D eigenvalue weighted by molar-refractivity contribution is -0.144. The molecule has 3 nitrogen and oxygen atoms in total. The molecule has 0 bridgehead atoms. The van der Waals surface area contributed by atoms with E-state index in [2.05, 4.69) is 30.3 Å². The summed E-state index contributed by atoms with van der Waals surface area (Å²) in [4.78, 5) is 11.7. The van der Waals surface area contributed by atoms with Crippen LogP contribution in [0.5, 0.6) is 0 Å². The lowest BCUT2D eigenvalue weighted by Crippen LogP contribution is -2.27. The highest BCUT2D eigenvalue weighted by Gasteiger charge is 2.62. The van der Waals surface area contributed by atoms with Gasteiger partial charge in [-0.05, 0) is 44.1 Å². The van der Waals surface area contributed by atoms with Crippen molar-refractivity contribution in [3.05, 3.63) is 35.9 Å². The summed E-state index contributed by atoms with van der Waals surface area (Å²) in [6.45, 7) is 2.26. The maximum Gasteiger partial charge on any atom is 0.338 e. The number of esters is 1. The molecule has 3 rings (SSSR count). The molecule has 19 heavy (non-hydrogen) atoms. The van der Waals surface area contributed by atoms with Gasteiger partial charge in [-0.1, -0.05) is 30.3 Å². The van der Waals surface area contributed by atoms with Crippen LogP contribution in [0, 0.1) is 0 Å². The molecule has 0 N–H and O–H groups in total. The molecular formula is C16H20O3. The largest absolute Gasteiger partial charge is 0.464 e. The first-order chi connectivity index (χ1) is 9.25. The molecule has 0 amide bonds. The van der Waals surface area contributed by atoms with Gasteiger partial charge in [-0.2, -0.15) is 0 Å². The fraction of sp³-hybridized carbons (Fsp3) is 0.562. The molecule has 3 heteroatoms. The molecule has 1 aliphatic carbocycles. The molecule has 1 aromatic carbocycles. The third kappa shape index (κ3) is 2.39. The van der Waals surface area contributed by atoms with E-state index < -0.39 is 0 Å². The topological polar surface area (TPSA) is 38.8 Å². The molecule has 1 saturated carbocycles. The van der Waals surface area contributed by atoms with E-state index in [1.165, 1.54) is 5.56 Å². The van der Waals surface area contributed by atoms with Gasteiger partial charge in [0.2, 0.25) is 0 Å². The van der Waals surface area contributed by atoms with Crippen LogP contribution in [0.2, 0.25) is 0 Å². The van der Waals surface area contributed by atoms with Gasteiger partial charge in [0.05, 0.1) is 6.61 Å². The summed E-state index contributed by atoms with van der Waals surface area (Å²) in [6.07, 6.45) is 3.83. The lowest BCUT2D eigenvalue weighted by Gasteiger charge is -2.26. The number of carbonyl (C=O) groups excluding carboxylic acids is 1. The fourth-order valence-electron chi connectivity index (χ4n) is 3.23. The number of epoxide rings is 1. The summed E-state index contributed by atoms with van der Waals surface area (Å²) in [5.74, 6) is 0.430. The van der Waals surface area contributed by atoms with Crippen molar-refractivity contribution in [3.63, 3.8) is 0 Å². The van der Waals surface area contributed by atoms with Crippen molar-refractivity contribution in [1.82, 2.24) is 0 Å². The maximum atomic E-state index is 11.7. The van der Waals surface area contributed by atoms with E-state index in [1.54, 1.807) is 0 Å². The summed E-state index contributed by atoms with van der Waals surface area (Å²) < 4.78 is 10.7. The van der Waals surface area contributed by atoms with E-state index in [9.17, 15) is 4.79 Å². The van der Waals surface area contributed by atoms with E-state index in [0.29, 0.717) is 12.5 Å². The Balaban J connectivity index is 1.58. The molecule has 1 aromatic rings. The fourth-order valence-corrected chi connectivity index (χ4v) is 3.23. The van der Waals surface area contributed by atoms with E-state index in [-0.39, 0.29) is 17.7 Å². The third-order valence-electron chi connectivity index (χ3n) is 4.38. The normalized spacial score (nSPS) is 33.1. The molecular weight excluding hydrogens is 240 g/mol. The Hall–Kier alpha value is -1.35. The minimum atomic E-state index is -0.302. The van der Waals surface area contributed by atoms with E-state index in [0.717, 1.165) is 25.7 Å². The first-order valence-corrected chi connectivity index (χ1v) is 7.14. The second kappa shape index (κ2) is 4.97. The highest BCUT2D eigenvalue weighted by Crippen LogP contribution is 2.51. The second-order valence-electron chi connectivity index (χ2n) is 5.50. The highest BCUT2D eigenvalue weighted by atomic mass is 16.7. The van der Waals surface area contributed by atoms with Crippen molar-refractivity contribution in [2.45, 2.75) is 50.2 Å². The molecule has 1 spiro atoms. The number of benzene rings is 1. The van der Waals surface area contributed by atoms with Crippen LogP contribution in [0.15, 0.2) is 30.3 Å². The van der Waals surface area contributed by atoms with Crippen LogP contribution < -0.4 is 0 Å². The van der Waals surface area contributed by atoms with Gasteiger partial charge in [0.15, 0.2) is 6.10 Å². The summed E-state index contributed by atoms with van der Waals surface area (Å²) in [5.41, 5.74) is 1.21. The number of hydrogen-bond donors (Lipinski definition) is 0. The monoisotopic (exact) mass is 260 g/mol. The Morgan fingerprint density at radius 2 is 2.00 bits per heavy atom. The zero-order chi connectivity index (χ0) is 13.3. The van der Waals surface area contributed by atoms with Gasteiger partial charge < -0.3 is 9.47 Å². The highest BCUT2D eigenvalue weighted by molar-refractivity contribution is 5.79. The average molecular weight is 260 g/mol. The SMILES string of the molecule is CCOC(=O)C1OC12CCC(c1ccccc1)CC2. The Labute approximate surface area is 113 Å². The minimum Gasteiger partial charge on any atom is -0.464 e. The van der Waals surface area contributed by atoms with Gasteiger partial charge >= 0.3 is 5.97 Å². The Kier molecular flexibility index (Phi) is 3.31. The molecule has 102 valence electrons. The lowest BCUT2D eigenvalue weighted by atomic mass is 9.77. The molecule has 0 aromatic heterocycles. The van der Waals surface area contributed by atoms with Crippen molar-refractivity contribution in [2.24, 2.45) is 0 Å². The van der Waals surface area contributed by atoms with Crippen molar-refractivity contribution >= 4 is 5.97 Å². The van der Waals surface area contributed by atoms with Crippen LogP contribution in [0.1, 0.15) is 44.1 Å². The number of carbonyl (C=O) groups is 1. The van der Waals surface area contributed by atoms with Gasteiger partial charge in [0.1, 0.15) is 5.60 Å². The molecule has 1 unspecified atom stereocenters. The molecule has 1 atom stereocenters. The quantitative estimate of drug-likeness (QED) is 0.619. The van der Waals surface area contributed by atoms with Crippen LogP contribution in [0.3, 0.4) is 0 Å². The predicted molar refractivity (Wildman–Crippen MR) is 71.9 cm³/mol. The van der Waals surface area contributed by atoms with E-state index in [4.69, 9.17) is 9.47 Å². The molecule has 1 heterocycles. The first-order valence-electron chi connectivity index (χ1n) is 7.14. The molecule has 0 radical (unpaired) electrons. The smallest absolute Gasteiger partial charge is 0.338 e. The Morgan fingerprint density at radius 1 is 1.32 bits per heavy atom. The van der Waals surface area contributed by atoms with Crippen LogP contribution in [0.4, 0.5) is 0 Å². The molecule has 2 aliphatic rings. The standard InChI is InChI=1S/C16H20O3/c1-2-18-15(17)14-16(19-14)10-8-13(9-11-16)12-6-4-3-5-7-12/h3-7,13-14H,2,8-11H2,1H3. The van der Waals surface area contributed by atoms with Crippen molar-refractivity contribution < 1.29 is 14.3 Å². The first kappa shape index (κ1) is 12.7. The summed E-state index contributed by atoms with van der Waals surface area (Å²) in [7, 11) is 0. The van der Waals surface area contributed by atoms with Crippen LogP contribution >= 0.6 is 0 Å². The predicted octanol–water partition coefficient (Wildman–Crippen LogP) is 3.04. The zero-order valence-electron chi connectivity index (χ0n) is 11.3. The molecule has 1 saturated heterocycles. The maximum absolute atomic E-state index is 11.7. The van der Waals surface area contributed by atoms with Crippen LogP contribution in [0.25, 0.3) is 0 Å². The van der Waals surface area contributed by atoms with Gasteiger partial charge in [-0.3, -0.25) is 0 Å². The van der Waals surface area contributed by atoms with Gasteiger partial charge in [-0.15, -0.1) is 0 Å². The van der Waals surface area contributed by atoms with E-state index >= 15 is 0 Å². The number of hydrogen-bond acceptors (Lipinski definition) is 3. The number of ether oxygens (including phenoxy) is 2. The van der Waals surface area contributed by atoms with Crippen molar-refractivity contribution in [2.75, 3.05) is 6.61 Å². The molecule has 2 fully saturated rings. The zero-order valence-corrected chi connectivity index (χ0v) is 11.3. The summed E-state index contributed by atoms with van der Waals surface area (Å²) in [6, 6.07) is 10.6. The Morgan fingerprint density at radius 3 is 2.63 bits per heavy atom. The minimum absolute atomic E-state index is 0.180. The summed E-state index contributed by atoms with van der Waals surface area (Å²) >= 11 is 0. The number of rotatable bonds is 3. The average Bonchev–Trinajstić information content (AvgIpc) is 3.15. The second-order valence-corrected chi connectivity index (χ2v) is 5.50. The van der Waals surface area contributed by atoms with Crippen molar-refractivity contribution in [3.8, 4) is 0 Å². The van der Waals surface area contributed by atoms with Gasteiger partial charge in [0.25, 0.3) is 0 Å². The third-order valence-corrected chi connectivity index (χ3v) is 4.38. The van der Waals surface area contributed by atoms with Gasteiger partial charge in [-0.25, -0.2) is 4.79 Å². The van der Waals surface area contributed by atoms with Crippen molar-refractivity contribution in [1.29, 1.82) is 0 Å². The molecule has 1 aliphatic heterocycles. The van der Waals surface area contributed by atoms with E-state index in [1.807, 2.05) is 6.92 Å². The van der Waals surface area contributed by atoms with Crippen LogP contribution in [-0.4, -0.2) is 24.3 Å². The summed E-state index contributed by atoms with van der Waals surface area (Å²) in [5, 5.41) is 0. The Bertz CT molecular complexity index is 446. The van der Waals surface area contributed by atoms with Crippen LogP contribution in [-0.2, 0) is 14.3 Å².